The SMILES string of the molecule is CN(C)c1ccc([C@H](CNS(=O)(=O)CBr)N2CCCC2)cc1. The van der Waals surface area contributed by atoms with Crippen molar-refractivity contribution < 1.29 is 8.42 Å². The molecule has 0 bridgehead atoms. The average molecular weight is 390 g/mol. The van der Waals surface area contributed by atoms with E-state index in [1.54, 1.807) is 0 Å². The number of hydrogen-bond donors (Lipinski definition) is 1. The lowest BCUT2D eigenvalue weighted by Gasteiger charge is -2.28. The zero-order valence-electron chi connectivity index (χ0n) is 13.1. The zero-order chi connectivity index (χ0) is 16.2. The maximum absolute atomic E-state index is 11.7. The van der Waals surface area contributed by atoms with Gasteiger partial charge < -0.3 is 4.90 Å². The van der Waals surface area contributed by atoms with Crippen molar-refractivity contribution in [3.63, 3.8) is 0 Å². The van der Waals surface area contributed by atoms with Gasteiger partial charge in [0.15, 0.2) is 0 Å². The van der Waals surface area contributed by atoms with E-state index in [4.69, 9.17) is 0 Å². The molecule has 1 aliphatic heterocycles. The lowest BCUT2D eigenvalue weighted by atomic mass is 10.1. The summed E-state index contributed by atoms with van der Waals surface area (Å²) < 4.78 is 26.1. The van der Waals surface area contributed by atoms with Gasteiger partial charge in [-0.05, 0) is 43.6 Å². The standard InChI is InChI=1S/C15H24BrN3O2S/c1-18(2)14-7-5-13(6-8-14)15(19-9-3-4-10-19)11-17-22(20,21)12-16/h5-8,15,17H,3-4,9-12H2,1-2H3/t15-/m0/s1. The molecule has 1 N–H and O–H groups in total. The molecule has 1 atom stereocenters. The number of sulfonamides is 1. The van der Waals surface area contributed by atoms with E-state index in [0.717, 1.165) is 24.3 Å². The highest BCUT2D eigenvalue weighted by atomic mass is 79.9. The van der Waals surface area contributed by atoms with Crippen molar-refractivity contribution in [1.82, 2.24) is 9.62 Å². The van der Waals surface area contributed by atoms with Gasteiger partial charge in [-0.3, -0.25) is 4.90 Å². The molecule has 5 nitrogen and oxygen atoms in total. The minimum absolute atomic E-state index is 0.0632. The molecule has 0 radical (unpaired) electrons. The molecule has 2 rings (SSSR count). The number of halogens is 1. The number of anilines is 1. The number of nitrogens with zero attached hydrogens (tertiary/aromatic N) is 2. The van der Waals surface area contributed by atoms with Gasteiger partial charge in [0.1, 0.15) is 4.66 Å². The first-order chi connectivity index (χ1) is 10.4. The summed E-state index contributed by atoms with van der Waals surface area (Å²) >= 11 is 3.02. The van der Waals surface area contributed by atoms with E-state index in [0.29, 0.717) is 6.54 Å². The summed E-state index contributed by atoms with van der Waals surface area (Å²) in [5.41, 5.74) is 2.30. The molecule has 1 heterocycles. The van der Waals surface area contributed by atoms with E-state index < -0.39 is 10.0 Å². The minimum atomic E-state index is -3.24. The number of hydrogen-bond acceptors (Lipinski definition) is 4. The highest BCUT2D eigenvalue weighted by Crippen LogP contribution is 2.26. The van der Waals surface area contributed by atoms with Crippen LogP contribution in [0, 0.1) is 0 Å². The molecule has 0 unspecified atom stereocenters. The number of rotatable bonds is 7. The molecule has 1 aromatic rings. The maximum atomic E-state index is 11.7. The molecule has 1 aliphatic rings. The molecule has 1 saturated heterocycles. The Labute approximate surface area is 141 Å². The summed E-state index contributed by atoms with van der Waals surface area (Å²) in [6.07, 6.45) is 2.36. The molecule has 0 aliphatic carbocycles. The van der Waals surface area contributed by atoms with Crippen molar-refractivity contribution in [3.05, 3.63) is 29.8 Å². The van der Waals surface area contributed by atoms with Gasteiger partial charge in [0.05, 0.1) is 0 Å². The van der Waals surface area contributed by atoms with Gasteiger partial charge in [0, 0.05) is 32.4 Å². The summed E-state index contributed by atoms with van der Waals surface area (Å²) in [7, 11) is 0.780. The Hall–Kier alpha value is -0.630. The molecule has 0 spiro atoms. The largest absolute Gasteiger partial charge is 0.378 e. The minimum Gasteiger partial charge on any atom is -0.378 e. The number of alkyl halides is 1. The molecule has 124 valence electrons. The fourth-order valence-electron chi connectivity index (χ4n) is 2.75. The van der Waals surface area contributed by atoms with Crippen molar-refractivity contribution in [2.24, 2.45) is 0 Å². The van der Waals surface area contributed by atoms with Crippen LogP contribution in [-0.4, -0.2) is 51.7 Å². The predicted molar refractivity (Wildman–Crippen MR) is 95.0 cm³/mol. The molecule has 0 aromatic heterocycles. The Balaban J connectivity index is 2.16. The van der Waals surface area contributed by atoms with Crippen LogP contribution in [0.15, 0.2) is 24.3 Å². The highest BCUT2D eigenvalue weighted by molar-refractivity contribution is 9.10. The van der Waals surface area contributed by atoms with E-state index in [1.165, 1.54) is 12.8 Å². The highest BCUT2D eigenvalue weighted by Gasteiger charge is 2.24. The summed E-state index contributed by atoms with van der Waals surface area (Å²) in [5, 5.41) is 0. The van der Waals surface area contributed by atoms with Gasteiger partial charge in [-0.25, -0.2) is 13.1 Å². The van der Waals surface area contributed by atoms with Crippen LogP contribution in [0.5, 0.6) is 0 Å². The molecule has 1 aromatic carbocycles. The van der Waals surface area contributed by atoms with Gasteiger partial charge in [0.25, 0.3) is 0 Å². The molecule has 0 amide bonds. The summed E-state index contributed by atoms with van der Waals surface area (Å²) in [6.45, 7) is 2.46. The second kappa shape index (κ2) is 7.77. The van der Waals surface area contributed by atoms with E-state index >= 15 is 0 Å². The van der Waals surface area contributed by atoms with Gasteiger partial charge in [-0.1, -0.05) is 28.1 Å². The third kappa shape index (κ3) is 4.68. The Bertz CT molecular complexity index is 569. The van der Waals surface area contributed by atoms with Gasteiger partial charge >= 0.3 is 0 Å². The quantitative estimate of drug-likeness (QED) is 0.725. The first-order valence-electron chi connectivity index (χ1n) is 7.47. The van der Waals surface area contributed by atoms with Crippen molar-refractivity contribution >= 4 is 31.6 Å². The monoisotopic (exact) mass is 389 g/mol. The number of nitrogens with one attached hydrogen (secondary N) is 1. The third-order valence-corrected chi connectivity index (χ3v) is 6.72. The van der Waals surface area contributed by atoms with Crippen LogP contribution in [0.4, 0.5) is 5.69 Å². The fourth-order valence-corrected chi connectivity index (χ4v) is 3.72. The Morgan fingerprint density at radius 1 is 1.23 bits per heavy atom. The van der Waals surface area contributed by atoms with Crippen molar-refractivity contribution in [3.8, 4) is 0 Å². The first-order valence-corrected chi connectivity index (χ1v) is 10.2. The van der Waals surface area contributed by atoms with Crippen LogP contribution in [0.2, 0.25) is 0 Å². The number of benzene rings is 1. The molecular weight excluding hydrogens is 366 g/mol. The van der Waals surface area contributed by atoms with E-state index in [1.807, 2.05) is 14.1 Å². The Morgan fingerprint density at radius 3 is 2.32 bits per heavy atom. The van der Waals surface area contributed by atoms with Gasteiger partial charge in [0.2, 0.25) is 10.0 Å². The van der Waals surface area contributed by atoms with Crippen LogP contribution in [0.1, 0.15) is 24.4 Å². The van der Waals surface area contributed by atoms with Crippen LogP contribution in [0.25, 0.3) is 0 Å². The fraction of sp³-hybridized carbons (Fsp3) is 0.600. The van der Waals surface area contributed by atoms with Crippen LogP contribution in [-0.2, 0) is 10.0 Å². The van der Waals surface area contributed by atoms with E-state index in [-0.39, 0.29) is 10.7 Å². The molecule has 22 heavy (non-hydrogen) atoms. The molecule has 1 fully saturated rings. The second-order valence-corrected chi connectivity index (χ2v) is 8.93. The average Bonchev–Trinajstić information content (AvgIpc) is 3.02. The lowest BCUT2D eigenvalue weighted by molar-refractivity contribution is 0.246. The molecule has 7 heteroatoms. The normalized spacial score (nSPS) is 17.6. The maximum Gasteiger partial charge on any atom is 0.221 e. The van der Waals surface area contributed by atoms with Crippen molar-refractivity contribution in [1.29, 1.82) is 0 Å². The van der Waals surface area contributed by atoms with Crippen LogP contribution in [0.3, 0.4) is 0 Å². The van der Waals surface area contributed by atoms with Crippen molar-refractivity contribution in [2.75, 3.05) is 43.3 Å². The number of likely N-dealkylation sites (tertiary alicyclic amines) is 1. The first kappa shape index (κ1) is 17.7. The zero-order valence-corrected chi connectivity index (χ0v) is 15.5. The van der Waals surface area contributed by atoms with Crippen molar-refractivity contribution in [2.45, 2.75) is 18.9 Å². The van der Waals surface area contributed by atoms with Gasteiger partial charge in [-0.15, -0.1) is 0 Å². The Kier molecular flexibility index (Phi) is 6.26. The van der Waals surface area contributed by atoms with Crippen LogP contribution < -0.4 is 9.62 Å². The third-order valence-electron chi connectivity index (χ3n) is 4.02. The summed E-state index contributed by atoms with van der Waals surface area (Å²) in [4.78, 5) is 4.42. The topological polar surface area (TPSA) is 52.7 Å². The molecular formula is C15H24BrN3O2S. The summed E-state index contributed by atoms with van der Waals surface area (Å²) in [5.74, 6) is 0. The van der Waals surface area contributed by atoms with Gasteiger partial charge in [-0.2, -0.15) is 0 Å². The lowest BCUT2D eigenvalue weighted by Crippen LogP contribution is -2.37. The van der Waals surface area contributed by atoms with E-state index in [2.05, 4.69) is 54.7 Å². The van der Waals surface area contributed by atoms with E-state index in [9.17, 15) is 8.42 Å². The molecule has 0 saturated carbocycles. The summed E-state index contributed by atoms with van der Waals surface area (Å²) in [6, 6.07) is 8.45. The predicted octanol–water partition coefficient (Wildman–Crippen LogP) is 2.16. The smallest absolute Gasteiger partial charge is 0.221 e. The van der Waals surface area contributed by atoms with Crippen LogP contribution >= 0.6 is 15.9 Å². The Morgan fingerprint density at radius 2 is 1.82 bits per heavy atom. The second-order valence-electron chi connectivity index (χ2n) is 5.82.